The van der Waals surface area contributed by atoms with Crippen molar-refractivity contribution >= 4 is 28.4 Å². The average molecular weight is 490 g/mol. The number of carbonyl (C=O) groups excluding carboxylic acids is 1. The molecule has 2 N–H and O–H groups in total. The predicted octanol–water partition coefficient (Wildman–Crippen LogP) is 2.47. The number of hydrogen-bond acceptors (Lipinski definition) is 7. The lowest BCUT2D eigenvalue weighted by Crippen LogP contribution is -2.18. The SMILES string of the molecule is CC(O)C[S+]([O-])c1ccc(OC(F)F)c(-c2nn(C)cc2NC(=O)c2cnn3cccnc23)c1. The third kappa shape index (κ3) is 5.00. The Hall–Kier alpha value is -3.55. The number of nitrogens with zero attached hydrogens (tertiary/aromatic N) is 5. The van der Waals surface area contributed by atoms with Crippen molar-refractivity contribution in [3.63, 3.8) is 0 Å². The van der Waals surface area contributed by atoms with Gasteiger partial charge in [0.15, 0.2) is 10.5 Å². The van der Waals surface area contributed by atoms with Crippen molar-refractivity contribution in [2.24, 2.45) is 7.05 Å². The van der Waals surface area contributed by atoms with E-state index in [1.807, 2.05) is 0 Å². The van der Waals surface area contributed by atoms with E-state index in [1.165, 1.54) is 52.9 Å². The molecule has 3 heterocycles. The summed E-state index contributed by atoms with van der Waals surface area (Å²) in [5, 5.41) is 20.7. The van der Waals surface area contributed by atoms with Crippen LogP contribution in [0, 0.1) is 0 Å². The van der Waals surface area contributed by atoms with E-state index < -0.39 is 29.8 Å². The van der Waals surface area contributed by atoms with Crippen LogP contribution in [-0.4, -0.2) is 58.4 Å². The molecule has 4 rings (SSSR count). The number of aryl methyl sites for hydroxylation is 1. The molecule has 0 aliphatic heterocycles. The van der Waals surface area contributed by atoms with E-state index >= 15 is 0 Å². The second kappa shape index (κ2) is 9.75. The highest BCUT2D eigenvalue weighted by atomic mass is 32.2. The summed E-state index contributed by atoms with van der Waals surface area (Å²) in [6.07, 6.45) is 5.19. The van der Waals surface area contributed by atoms with Crippen LogP contribution in [-0.2, 0) is 18.2 Å². The summed E-state index contributed by atoms with van der Waals surface area (Å²) >= 11 is -1.60. The Bertz CT molecular complexity index is 1330. The standard InChI is InChI=1S/C21H20F2N6O4S/c1-12(30)11-34(32)13-4-5-17(33-21(22)23)14(8-13)18-16(10-28(2)27-18)26-20(31)15-9-25-29-7-3-6-24-19(15)29/h3-10,12,21,30H,11H2,1-2H3,(H,26,31). The van der Waals surface area contributed by atoms with E-state index in [0.29, 0.717) is 5.65 Å². The van der Waals surface area contributed by atoms with Crippen molar-refractivity contribution in [2.75, 3.05) is 11.1 Å². The largest absolute Gasteiger partial charge is 0.611 e. The molecule has 0 aliphatic rings. The number of amides is 1. The topological polar surface area (TPSA) is 130 Å². The predicted molar refractivity (Wildman–Crippen MR) is 119 cm³/mol. The minimum Gasteiger partial charge on any atom is -0.611 e. The number of hydrogen-bond donors (Lipinski definition) is 2. The molecule has 1 aromatic carbocycles. The smallest absolute Gasteiger partial charge is 0.387 e. The van der Waals surface area contributed by atoms with Gasteiger partial charge in [-0.2, -0.15) is 19.0 Å². The fourth-order valence-corrected chi connectivity index (χ4v) is 4.41. The highest BCUT2D eigenvalue weighted by molar-refractivity contribution is 7.91. The van der Waals surface area contributed by atoms with Gasteiger partial charge in [-0.3, -0.25) is 9.48 Å². The summed E-state index contributed by atoms with van der Waals surface area (Å²) in [6.45, 7) is -1.62. The molecule has 0 aliphatic carbocycles. The summed E-state index contributed by atoms with van der Waals surface area (Å²) in [5.41, 5.74) is 0.978. The lowest BCUT2D eigenvalue weighted by Gasteiger charge is -2.15. The zero-order valence-corrected chi connectivity index (χ0v) is 18.9. The molecule has 0 saturated heterocycles. The van der Waals surface area contributed by atoms with E-state index in [1.54, 1.807) is 19.3 Å². The Morgan fingerprint density at radius 3 is 2.91 bits per heavy atom. The van der Waals surface area contributed by atoms with Gasteiger partial charge < -0.3 is 19.7 Å². The van der Waals surface area contributed by atoms with E-state index in [9.17, 15) is 23.2 Å². The molecule has 0 fully saturated rings. The zero-order chi connectivity index (χ0) is 24.4. The normalized spacial score (nSPS) is 13.3. The molecule has 34 heavy (non-hydrogen) atoms. The first-order valence-corrected chi connectivity index (χ1v) is 11.3. The Labute approximate surface area is 195 Å². The maximum Gasteiger partial charge on any atom is 0.387 e. The number of ether oxygens (including phenoxy) is 1. The highest BCUT2D eigenvalue weighted by Crippen LogP contribution is 2.37. The van der Waals surface area contributed by atoms with Crippen LogP contribution >= 0.6 is 0 Å². The highest BCUT2D eigenvalue weighted by Gasteiger charge is 2.24. The maximum absolute atomic E-state index is 13.1. The Balaban J connectivity index is 1.73. The zero-order valence-electron chi connectivity index (χ0n) is 18.1. The summed E-state index contributed by atoms with van der Waals surface area (Å²) in [5.74, 6) is -0.782. The third-order valence-corrected chi connectivity index (χ3v) is 6.24. The van der Waals surface area contributed by atoms with Crippen molar-refractivity contribution < 1.29 is 28.0 Å². The quantitative estimate of drug-likeness (QED) is 0.363. The maximum atomic E-state index is 13.1. The second-order valence-corrected chi connectivity index (χ2v) is 8.86. The van der Waals surface area contributed by atoms with Crippen molar-refractivity contribution in [3.05, 3.63) is 54.6 Å². The van der Waals surface area contributed by atoms with E-state index in [-0.39, 0.29) is 38.9 Å². The monoisotopic (exact) mass is 490 g/mol. The van der Waals surface area contributed by atoms with Gasteiger partial charge in [0.2, 0.25) is 0 Å². The number of fused-ring (bicyclic) bond motifs is 1. The molecule has 13 heteroatoms. The molecule has 4 aromatic rings. The molecule has 2 atom stereocenters. The summed E-state index contributed by atoms with van der Waals surface area (Å²) in [4.78, 5) is 17.4. The first-order chi connectivity index (χ1) is 16.2. The van der Waals surface area contributed by atoms with Gasteiger partial charge in [0.1, 0.15) is 22.8 Å². The van der Waals surface area contributed by atoms with Crippen molar-refractivity contribution in [3.8, 4) is 17.0 Å². The lowest BCUT2D eigenvalue weighted by molar-refractivity contribution is -0.0494. The molecule has 10 nitrogen and oxygen atoms in total. The van der Waals surface area contributed by atoms with Crippen LogP contribution in [0.25, 0.3) is 16.9 Å². The summed E-state index contributed by atoms with van der Waals surface area (Å²) in [7, 11) is 1.60. The number of anilines is 1. The Kier molecular flexibility index (Phi) is 6.77. The molecule has 0 saturated carbocycles. The first-order valence-electron chi connectivity index (χ1n) is 10.0. The van der Waals surface area contributed by atoms with Gasteiger partial charge in [0.25, 0.3) is 5.91 Å². The van der Waals surface area contributed by atoms with E-state index in [2.05, 4.69) is 25.2 Å². The second-order valence-electron chi connectivity index (χ2n) is 7.36. The Morgan fingerprint density at radius 1 is 1.38 bits per heavy atom. The molecule has 0 bridgehead atoms. The van der Waals surface area contributed by atoms with Crippen molar-refractivity contribution in [1.82, 2.24) is 24.4 Å². The number of halogens is 2. The minimum absolute atomic E-state index is 0.0397. The fourth-order valence-electron chi connectivity index (χ4n) is 3.31. The number of aliphatic hydroxyl groups is 1. The molecule has 1 amide bonds. The average Bonchev–Trinajstić information content (AvgIpc) is 3.36. The number of benzene rings is 1. The van der Waals surface area contributed by atoms with Crippen LogP contribution in [0.2, 0.25) is 0 Å². The number of rotatable bonds is 8. The summed E-state index contributed by atoms with van der Waals surface area (Å²) in [6, 6.07) is 5.70. The van der Waals surface area contributed by atoms with Crippen LogP contribution in [0.1, 0.15) is 17.3 Å². The van der Waals surface area contributed by atoms with Gasteiger partial charge in [-0.05, 0) is 36.3 Å². The number of nitrogens with one attached hydrogen (secondary N) is 1. The van der Waals surface area contributed by atoms with Crippen LogP contribution in [0.5, 0.6) is 5.75 Å². The van der Waals surface area contributed by atoms with Gasteiger partial charge in [-0.1, -0.05) is 0 Å². The van der Waals surface area contributed by atoms with Gasteiger partial charge in [0.05, 0.1) is 23.6 Å². The number of aromatic nitrogens is 5. The minimum atomic E-state index is -3.11. The molecule has 178 valence electrons. The lowest BCUT2D eigenvalue weighted by atomic mass is 10.1. The molecule has 0 radical (unpaired) electrons. The molecular weight excluding hydrogens is 470 g/mol. The third-order valence-electron chi connectivity index (χ3n) is 4.68. The van der Waals surface area contributed by atoms with Crippen LogP contribution in [0.15, 0.2) is 53.9 Å². The number of carbonyl (C=O) groups is 1. The van der Waals surface area contributed by atoms with Crippen LogP contribution in [0.4, 0.5) is 14.5 Å². The molecule has 3 aromatic heterocycles. The molecule has 0 spiro atoms. The Morgan fingerprint density at radius 2 is 2.18 bits per heavy atom. The van der Waals surface area contributed by atoms with Crippen molar-refractivity contribution in [1.29, 1.82) is 0 Å². The van der Waals surface area contributed by atoms with Crippen molar-refractivity contribution in [2.45, 2.75) is 24.5 Å². The summed E-state index contributed by atoms with van der Waals surface area (Å²) < 4.78 is 46.2. The number of aliphatic hydroxyl groups excluding tert-OH is 1. The van der Waals surface area contributed by atoms with Gasteiger partial charge in [-0.25, -0.2) is 9.50 Å². The van der Waals surface area contributed by atoms with E-state index in [0.717, 1.165) is 0 Å². The van der Waals surface area contributed by atoms with Gasteiger partial charge in [0, 0.05) is 31.7 Å². The van der Waals surface area contributed by atoms with Crippen LogP contribution < -0.4 is 10.1 Å². The fraction of sp³-hybridized carbons (Fsp3) is 0.238. The number of alkyl halides is 2. The van der Waals surface area contributed by atoms with Crippen LogP contribution in [0.3, 0.4) is 0 Å². The molecule has 2 unspecified atom stereocenters. The first kappa shape index (κ1) is 23.6. The van der Waals surface area contributed by atoms with E-state index in [4.69, 9.17) is 0 Å². The van der Waals surface area contributed by atoms with Gasteiger partial charge >= 0.3 is 6.61 Å². The molecular formula is C21H20F2N6O4S. The van der Waals surface area contributed by atoms with Gasteiger partial charge in [-0.15, -0.1) is 0 Å².